The van der Waals surface area contributed by atoms with Crippen molar-refractivity contribution in [3.8, 4) is 0 Å². The van der Waals surface area contributed by atoms with Gasteiger partial charge in [0.25, 0.3) is 0 Å². The van der Waals surface area contributed by atoms with Crippen LogP contribution in [0, 0.1) is 0 Å². The third-order valence-electron chi connectivity index (χ3n) is 1.88. The predicted molar refractivity (Wildman–Crippen MR) is 43.2 cm³/mol. The normalized spacial score (nSPS) is 23.9. The molecule has 1 heterocycles. The van der Waals surface area contributed by atoms with Crippen molar-refractivity contribution in [1.82, 2.24) is 9.80 Å². The molecule has 1 fully saturated rings. The van der Waals surface area contributed by atoms with Crippen molar-refractivity contribution < 1.29 is 4.79 Å². The molecule has 4 nitrogen and oxygen atoms in total. The van der Waals surface area contributed by atoms with Gasteiger partial charge in [0.1, 0.15) is 0 Å². The van der Waals surface area contributed by atoms with Gasteiger partial charge in [0.15, 0.2) is 0 Å². The van der Waals surface area contributed by atoms with Gasteiger partial charge in [-0.3, -0.25) is 0 Å². The minimum Gasteiger partial charge on any atom is -0.331 e. The van der Waals surface area contributed by atoms with E-state index in [0.29, 0.717) is 6.54 Å². The van der Waals surface area contributed by atoms with E-state index in [9.17, 15) is 4.79 Å². The van der Waals surface area contributed by atoms with Crippen molar-refractivity contribution in [2.45, 2.75) is 12.5 Å². The molecule has 0 aromatic rings. The van der Waals surface area contributed by atoms with Crippen LogP contribution in [0.3, 0.4) is 0 Å². The average molecular weight is 157 g/mol. The topological polar surface area (TPSA) is 49.6 Å². The van der Waals surface area contributed by atoms with E-state index in [-0.39, 0.29) is 12.1 Å². The highest BCUT2D eigenvalue weighted by molar-refractivity contribution is 5.74. The molecule has 0 aromatic heterocycles. The van der Waals surface area contributed by atoms with Crippen LogP contribution >= 0.6 is 0 Å². The largest absolute Gasteiger partial charge is 0.331 e. The lowest BCUT2D eigenvalue weighted by atomic mass is 10.3. The van der Waals surface area contributed by atoms with Gasteiger partial charge in [-0.2, -0.15) is 0 Å². The molecule has 0 unspecified atom stereocenters. The monoisotopic (exact) mass is 157 g/mol. The Bertz CT molecular complexity index is 158. The molecule has 0 aliphatic carbocycles. The second kappa shape index (κ2) is 3.09. The summed E-state index contributed by atoms with van der Waals surface area (Å²) in [6.45, 7) is 1.51. The van der Waals surface area contributed by atoms with Crippen molar-refractivity contribution in [3.63, 3.8) is 0 Å². The quantitative estimate of drug-likeness (QED) is 0.525. The summed E-state index contributed by atoms with van der Waals surface area (Å²) < 4.78 is 0. The predicted octanol–water partition coefficient (Wildman–Crippen LogP) is -0.299. The molecule has 11 heavy (non-hydrogen) atoms. The molecule has 4 heteroatoms. The highest BCUT2D eigenvalue weighted by Gasteiger charge is 2.24. The van der Waals surface area contributed by atoms with Gasteiger partial charge in [0, 0.05) is 33.2 Å². The fourth-order valence-electron chi connectivity index (χ4n) is 1.24. The molecule has 2 amide bonds. The third kappa shape index (κ3) is 1.83. The number of carbonyl (C=O) groups is 1. The summed E-state index contributed by atoms with van der Waals surface area (Å²) >= 11 is 0. The molecule has 0 radical (unpaired) electrons. The number of carbonyl (C=O) groups excluding carboxylic acids is 1. The van der Waals surface area contributed by atoms with Crippen LogP contribution in [0.25, 0.3) is 0 Å². The second-order valence-electron chi connectivity index (χ2n) is 3.17. The second-order valence-corrected chi connectivity index (χ2v) is 3.17. The SMILES string of the molecule is CN(C)C(=O)N1CC[C@H](N)C1. The first-order chi connectivity index (χ1) is 5.11. The summed E-state index contributed by atoms with van der Waals surface area (Å²) in [7, 11) is 3.51. The minimum absolute atomic E-state index is 0.0675. The number of nitrogens with zero attached hydrogens (tertiary/aromatic N) is 2. The molecular formula is C7H15N3O. The Balaban J connectivity index is 2.43. The maximum Gasteiger partial charge on any atom is 0.319 e. The first kappa shape index (κ1) is 8.33. The first-order valence-corrected chi connectivity index (χ1v) is 3.83. The van der Waals surface area contributed by atoms with E-state index in [1.807, 2.05) is 0 Å². The zero-order valence-corrected chi connectivity index (χ0v) is 7.08. The number of amides is 2. The Labute approximate surface area is 66.9 Å². The molecule has 0 bridgehead atoms. The molecule has 1 aliphatic rings. The minimum atomic E-state index is 0.0675. The van der Waals surface area contributed by atoms with Crippen LogP contribution in [-0.4, -0.2) is 49.1 Å². The summed E-state index contributed by atoms with van der Waals surface area (Å²) in [6, 6.07) is 0.247. The van der Waals surface area contributed by atoms with Crippen LogP contribution in [-0.2, 0) is 0 Å². The third-order valence-corrected chi connectivity index (χ3v) is 1.88. The molecule has 0 aromatic carbocycles. The molecule has 64 valence electrons. The number of hydrogen-bond donors (Lipinski definition) is 1. The van der Waals surface area contributed by atoms with E-state index >= 15 is 0 Å². The fourth-order valence-corrected chi connectivity index (χ4v) is 1.24. The lowest BCUT2D eigenvalue weighted by molar-refractivity contribution is 0.181. The highest BCUT2D eigenvalue weighted by Crippen LogP contribution is 2.07. The number of nitrogens with two attached hydrogens (primary N) is 1. The highest BCUT2D eigenvalue weighted by atomic mass is 16.2. The van der Waals surface area contributed by atoms with E-state index in [1.165, 1.54) is 0 Å². The molecule has 0 spiro atoms. The van der Waals surface area contributed by atoms with Gasteiger partial charge in [-0.1, -0.05) is 0 Å². The lowest BCUT2D eigenvalue weighted by Gasteiger charge is -2.20. The summed E-state index contributed by atoms with van der Waals surface area (Å²) in [5.41, 5.74) is 5.65. The summed E-state index contributed by atoms with van der Waals surface area (Å²) in [6.07, 6.45) is 0.930. The van der Waals surface area contributed by atoms with Crippen LogP contribution in [0.5, 0.6) is 0 Å². The van der Waals surface area contributed by atoms with Crippen molar-refractivity contribution in [2.75, 3.05) is 27.2 Å². The first-order valence-electron chi connectivity index (χ1n) is 3.83. The Morgan fingerprint density at radius 1 is 1.64 bits per heavy atom. The van der Waals surface area contributed by atoms with Gasteiger partial charge >= 0.3 is 6.03 Å². The molecule has 0 saturated carbocycles. The van der Waals surface area contributed by atoms with Crippen molar-refractivity contribution in [2.24, 2.45) is 5.73 Å². The van der Waals surface area contributed by atoms with E-state index < -0.39 is 0 Å². The Hall–Kier alpha value is -0.770. The smallest absolute Gasteiger partial charge is 0.319 e. The number of rotatable bonds is 0. The molecular weight excluding hydrogens is 142 g/mol. The number of urea groups is 1. The van der Waals surface area contributed by atoms with Gasteiger partial charge in [0.2, 0.25) is 0 Å². The maximum absolute atomic E-state index is 11.3. The van der Waals surface area contributed by atoms with Crippen LogP contribution < -0.4 is 5.73 Å². The van der Waals surface area contributed by atoms with Gasteiger partial charge < -0.3 is 15.5 Å². The standard InChI is InChI=1S/C7H15N3O/c1-9(2)7(11)10-4-3-6(8)5-10/h6H,3-5,8H2,1-2H3/t6-/m0/s1. The molecule has 1 atom stereocenters. The van der Waals surface area contributed by atoms with Crippen molar-refractivity contribution in [3.05, 3.63) is 0 Å². The fraction of sp³-hybridized carbons (Fsp3) is 0.857. The van der Waals surface area contributed by atoms with Gasteiger partial charge in [-0.05, 0) is 6.42 Å². The molecule has 1 aliphatic heterocycles. The lowest BCUT2D eigenvalue weighted by Crippen LogP contribution is -2.38. The Morgan fingerprint density at radius 3 is 2.64 bits per heavy atom. The van der Waals surface area contributed by atoms with Crippen LogP contribution in [0.2, 0.25) is 0 Å². The average Bonchev–Trinajstić information content (AvgIpc) is 2.34. The molecule has 1 saturated heterocycles. The van der Waals surface area contributed by atoms with E-state index in [1.54, 1.807) is 23.9 Å². The van der Waals surface area contributed by atoms with Gasteiger partial charge in [0.05, 0.1) is 0 Å². The Morgan fingerprint density at radius 2 is 2.27 bits per heavy atom. The van der Waals surface area contributed by atoms with Crippen molar-refractivity contribution >= 4 is 6.03 Å². The van der Waals surface area contributed by atoms with Crippen LogP contribution in [0.1, 0.15) is 6.42 Å². The maximum atomic E-state index is 11.3. The number of hydrogen-bond acceptors (Lipinski definition) is 2. The van der Waals surface area contributed by atoms with E-state index in [2.05, 4.69) is 0 Å². The van der Waals surface area contributed by atoms with Crippen molar-refractivity contribution in [1.29, 1.82) is 0 Å². The zero-order valence-electron chi connectivity index (χ0n) is 7.08. The zero-order chi connectivity index (χ0) is 8.43. The van der Waals surface area contributed by atoms with E-state index in [0.717, 1.165) is 13.0 Å². The molecule has 2 N–H and O–H groups in total. The van der Waals surface area contributed by atoms with Gasteiger partial charge in [-0.25, -0.2) is 4.79 Å². The number of likely N-dealkylation sites (tertiary alicyclic amines) is 1. The Kier molecular flexibility index (Phi) is 2.34. The van der Waals surface area contributed by atoms with E-state index in [4.69, 9.17) is 5.73 Å². The van der Waals surface area contributed by atoms with Crippen LogP contribution in [0.15, 0.2) is 0 Å². The molecule has 1 rings (SSSR count). The van der Waals surface area contributed by atoms with Crippen LogP contribution in [0.4, 0.5) is 4.79 Å². The summed E-state index contributed by atoms with van der Waals surface area (Å²) in [5, 5.41) is 0. The summed E-state index contributed by atoms with van der Waals surface area (Å²) in [4.78, 5) is 14.7. The summed E-state index contributed by atoms with van der Waals surface area (Å²) in [5.74, 6) is 0. The van der Waals surface area contributed by atoms with Gasteiger partial charge in [-0.15, -0.1) is 0 Å².